The van der Waals surface area contributed by atoms with Gasteiger partial charge in [0.2, 0.25) is 5.91 Å². The molecule has 0 atom stereocenters. The van der Waals surface area contributed by atoms with Crippen LogP contribution < -0.4 is 5.32 Å². The highest BCUT2D eigenvalue weighted by molar-refractivity contribution is 7.99. The summed E-state index contributed by atoms with van der Waals surface area (Å²) in [4.78, 5) is 12.2. The van der Waals surface area contributed by atoms with E-state index >= 15 is 0 Å². The normalized spacial score (nSPS) is 10.9. The van der Waals surface area contributed by atoms with E-state index in [0.717, 1.165) is 0 Å². The molecule has 1 heterocycles. The van der Waals surface area contributed by atoms with E-state index < -0.39 is 0 Å². The molecule has 1 N–H and O–H groups in total. The summed E-state index contributed by atoms with van der Waals surface area (Å²) in [6.07, 6.45) is 0. The monoisotopic (exact) mass is 460 g/mol. The molecule has 0 aliphatic carbocycles. The van der Waals surface area contributed by atoms with Crippen molar-refractivity contribution in [2.75, 3.05) is 11.1 Å². The molecule has 27 heavy (non-hydrogen) atoms. The molecule has 140 valence electrons. The molecule has 0 saturated heterocycles. The zero-order valence-corrected chi connectivity index (χ0v) is 17.7. The first-order valence-electron chi connectivity index (χ1n) is 7.57. The van der Waals surface area contributed by atoms with E-state index in [1.54, 1.807) is 48.0 Å². The molecule has 2 aromatic carbocycles. The fourth-order valence-corrected chi connectivity index (χ4v) is 4.03. The van der Waals surface area contributed by atoms with Gasteiger partial charge in [-0.1, -0.05) is 58.2 Å². The molecular weight excluding hydrogens is 450 g/mol. The van der Waals surface area contributed by atoms with E-state index in [1.165, 1.54) is 11.8 Å². The molecule has 0 aliphatic rings. The van der Waals surface area contributed by atoms with Crippen LogP contribution in [0.15, 0.2) is 41.6 Å². The summed E-state index contributed by atoms with van der Waals surface area (Å²) in [6, 6.07) is 9.99. The van der Waals surface area contributed by atoms with Crippen LogP contribution in [0.25, 0.3) is 11.4 Å². The second-order valence-electron chi connectivity index (χ2n) is 5.48. The molecule has 3 aromatic rings. The highest BCUT2D eigenvalue weighted by Gasteiger charge is 2.15. The quantitative estimate of drug-likeness (QED) is 0.485. The maximum absolute atomic E-state index is 12.2. The van der Waals surface area contributed by atoms with Crippen LogP contribution in [-0.4, -0.2) is 26.4 Å². The Hall–Kier alpha value is -1.44. The van der Waals surface area contributed by atoms with Gasteiger partial charge >= 0.3 is 0 Å². The van der Waals surface area contributed by atoms with Gasteiger partial charge in [-0.3, -0.25) is 4.79 Å². The standard InChI is InChI=1S/C17H12Cl4N4OS/c1-25-16(13-3-2-9(18)7-14(13)21)23-24-17(25)27-8-15(26)22-12-5-10(19)4-11(20)6-12/h2-7H,8H2,1H3,(H,22,26). The number of nitrogens with one attached hydrogen (secondary N) is 1. The lowest BCUT2D eigenvalue weighted by molar-refractivity contribution is -0.113. The average molecular weight is 462 g/mol. The Labute approximate surface area is 180 Å². The predicted molar refractivity (Wildman–Crippen MR) is 112 cm³/mol. The number of benzene rings is 2. The van der Waals surface area contributed by atoms with Gasteiger partial charge in [0.1, 0.15) is 0 Å². The average Bonchev–Trinajstić information content (AvgIpc) is 2.93. The van der Waals surface area contributed by atoms with Gasteiger partial charge < -0.3 is 9.88 Å². The van der Waals surface area contributed by atoms with E-state index in [0.29, 0.717) is 42.3 Å². The summed E-state index contributed by atoms with van der Waals surface area (Å²) < 4.78 is 1.77. The van der Waals surface area contributed by atoms with Gasteiger partial charge in [0.15, 0.2) is 11.0 Å². The molecule has 0 spiro atoms. The van der Waals surface area contributed by atoms with Crippen molar-refractivity contribution in [2.45, 2.75) is 5.16 Å². The summed E-state index contributed by atoms with van der Waals surface area (Å²) in [5, 5.41) is 13.5. The number of carbonyl (C=O) groups excluding carboxylic acids is 1. The van der Waals surface area contributed by atoms with Crippen LogP contribution >= 0.6 is 58.2 Å². The molecule has 0 unspecified atom stereocenters. The molecule has 3 rings (SSSR count). The van der Waals surface area contributed by atoms with Crippen molar-refractivity contribution in [2.24, 2.45) is 7.05 Å². The third-order valence-corrected chi connectivity index (χ3v) is 5.49. The minimum Gasteiger partial charge on any atom is -0.325 e. The van der Waals surface area contributed by atoms with Gasteiger partial charge in [0.25, 0.3) is 0 Å². The summed E-state index contributed by atoms with van der Waals surface area (Å²) in [7, 11) is 1.80. The molecule has 10 heteroatoms. The molecule has 0 radical (unpaired) electrons. The predicted octanol–water partition coefficient (Wildman–Crippen LogP) is 5.83. The Kier molecular flexibility index (Phi) is 6.55. The summed E-state index contributed by atoms with van der Waals surface area (Å²) in [5.41, 5.74) is 1.24. The fourth-order valence-electron chi connectivity index (χ4n) is 2.30. The molecule has 5 nitrogen and oxygen atoms in total. The number of thioether (sulfide) groups is 1. The fraction of sp³-hybridized carbons (Fsp3) is 0.118. The van der Waals surface area contributed by atoms with Crippen molar-refractivity contribution in [1.29, 1.82) is 0 Å². The molecule has 1 amide bonds. The number of carbonyl (C=O) groups is 1. The van der Waals surface area contributed by atoms with Crippen LogP contribution in [0.2, 0.25) is 20.1 Å². The van der Waals surface area contributed by atoms with E-state index in [9.17, 15) is 4.79 Å². The number of hydrogen-bond acceptors (Lipinski definition) is 4. The third kappa shape index (κ3) is 5.09. The first-order chi connectivity index (χ1) is 12.8. The zero-order chi connectivity index (χ0) is 19.6. The van der Waals surface area contributed by atoms with Crippen LogP contribution in [-0.2, 0) is 11.8 Å². The zero-order valence-electron chi connectivity index (χ0n) is 13.8. The Bertz CT molecular complexity index is 988. The van der Waals surface area contributed by atoms with Crippen LogP contribution in [0.3, 0.4) is 0 Å². The van der Waals surface area contributed by atoms with Crippen molar-refractivity contribution in [1.82, 2.24) is 14.8 Å². The molecular formula is C17H12Cl4N4OS. The molecule has 1 aromatic heterocycles. The second-order valence-corrected chi connectivity index (χ2v) is 8.14. The Morgan fingerprint density at radius 3 is 2.41 bits per heavy atom. The molecule has 0 fully saturated rings. The topological polar surface area (TPSA) is 59.8 Å². The minimum absolute atomic E-state index is 0.143. The van der Waals surface area contributed by atoms with Gasteiger partial charge in [0.05, 0.1) is 10.8 Å². The highest BCUT2D eigenvalue weighted by Crippen LogP contribution is 2.30. The lowest BCUT2D eigenvalue weighted by Gasteiger charge is -2.07. The first kappa shape index (κ1) is 20.3. The van der Waals surface area contributed by atoms with Crippen molar-refractivity contribution >= 4 is 69.8 Å². The number of amides is 1. The molecule has 0 bridgehead atoms. The van der Waals surface area contributed by atoms with Gasteiger partial charge in [-0.05, 0) is 36.4 Å². The Morgan fingerprint density at radius 2 is 1.74 bits per heavy atom. The van der Waals surface area contributed by atoms with Crippen LogP contribution in [0, 0.1) is 0 Å². The van der Waals surface area contributed by atoms with Gasteiger partial charge in [-0.25, -0.2) is 0 Å². The lowest BCUT2D eigenvalue weighted by atomic mass is 10.2. The van der Waals surface area contributed by atoms with Gasteiger partial charge in [0, 0.05) is 33.4 Å². The number of nitrogens with zero attached hydrogens (tertiary/aromatic N) is 3. The molecule has 0 aliphatic heterocycles. The summed E-state index contributed by atoms with van der Waals surface area (Å²) >= 11 is 25.3. The van der Waals surface area contributed by atoms with Crippen molar-refractivity contribution in [3.63, 3.8) is 0 Å². The third-order valence-electron chi connectivity index (χ3n) is 3.49. The second kappa shape index (κ2) is 8.71. The number of aromatic nitrogens is 3. The van der Waals surface area contributed by atoms with E-state index in [2.05, 4.69) is 15.5 Å². The minimum atomic E-state index is -0.215. The summed E-state index contributed by atoms with van der Waals surface area (Å²) in [6.45, 7) is 0. The number of anilines is 1. The smallest absolute Gasteiger partial charge is 0.234 e. The maximum Gasteiger partial charge on any atom is 0.234 e. The van der Waals surface area contributed by atoms with Crippen LogP contribution in [0.5, 0.6) is 0 Å². The van der Waals surface area contributed by atoms with E-state index in [4.69, 9.17) is 46.4 Å². The van der Waals surface area contributed by atoms with Gasteiger partial charge in [-0.2, -0.15) is 0 Å². The van der Waals surface area contributed by atoms with Gasteiger partial charge in [-0.15, -0.1) is 10.2 Å². The van der Waals surface area contributed by atoms with Crippen molar-refractivity contribution in [3.05, 3.63) is 56.5 Å². The van der Waals surface area contributed by atoms with Crippen LogP contribution in [0.4, 0.5) is 5.69 Å². The number of hydrogen-bond donors (Lipinski definition) is 1. The SMILES string of the molecule is Cn1c(SCC(=O)Nc2cc(Cl)cc(Cl)c2)nnc1-c1ccc(Cl)cc1Cl. The molecule has 0 saturated carbocycles. The summed E-state index contributed by atoms with van der Waals surface area (Å²) in [5.74, 6) is 0.512. The number of halogens is 4. The van der Waals surface area contributed by atoms with E-state index in [-0.39, 0.29) is 11.7 Å². The van der Waals surface area contributed by atoms with Crippen molar-refractivity contribution in [3.8, 4) is 11.4 Å². The van der Waals surface area contributed by atoms with E-state index in [1.807, 2.05) is 0 Å². The largest absolute Gasteiger partial charge is 0.325 e. The maximum atomic E-state index is 12.2. The first-order valence-corrected chi connectivity index (χ1v) is 10.1. The van der Waals surface area contributed by atoms with Crippen LogP contribution in [0.1, 0.15) is 0 Å². The highest BCUT2D eigenvalue weighted by atomic mass is 35.5. The van der Waals surface area contributed by atoms with Crippen molar-refractivity contribution < 1.29 is 4.79 Å². The Morgan fingerprint density at radius 1 is 1.04 bits per heavy atom. The number of rotatable bonds is 5. The lowest BCUT2D eigenvalue weighted by Crippen LogP contribution is -2.14. The Balaban J connectivity index is 1.68.